The molecule has 7 nitrogen and oxygen atoms in total. The first kappa shape index (κ1) is 15.5. The minimum absolute atomic E-state index is 0.0434. The number of phenolic OH excluding ortho intramolecular Hbond substituents is 1. The number of rotatable bonds is 4. The SMILES string of the molecule is COc1cc(/C=N/NC(=O)c2ccc3nc(C)[nH]c3c2)ccc1O. The standard InChI is InChI=1S/C17H16N4O3/c1-10-19-13-5-4-12(8-14(13)20-10)17(23)21-18-9-11-3-6-15(22)16(7-11)24-2/h3-9,22H,1-2H3,(H,19,20)(H,21,23)/b18-9+. The maximum atomic E-state index is 12.1. The van der Waals surface area contributed by atoms with Gasteiger partial charge in [0.1, 0.15) is 5.82 Å². The largest absolute Gasteiger partial charge is 0.504 e. The molecule has 2 aromatic carbocycles. The molecule has 0 saturated carbocycles. The molecule has 122 valence electrons. The number of nitrogens with zero attached hydrogens (tertiary/aromatic N) is 2. The number of imidazole rings is 1. The van der Waals surface area contributed by atoms with Crippen molar-refractivity contribution in [3.63, 3.8) is 0 Å². The molecule has 0 spiro atoms. The highest BCUT2D eigenvalue weighted by molar-refractivity contribution is 5.97. The van der Waals surface area contributed by atoms with Crippen molar-refractivity contribution in [2.24, 2.45) is 5.10 Å². The predicted octanol–water partition coefficient (Wildman–Crippen LogP) is 2.35. The monoisotopic (exact) mass is 324 g/mol. The third-order valence-electron chi connectivity index (χ3n) is 3.45. The maximum absolute atomic E-state index is 12.1. The number of phenols is 1. The number of hydrogen-bond donors (Lipinski definition) is 3. The quantitative estimate of drug-likeness (QED) is 0.506. The van der Waals surface area contributed by atoms with Crippen LogP contribution in [-0.2, 0) is 0 Å². The minimum atomic E-state index is -0.328. The Morgan fingerprint density at radius 1 is 1.33 bits per heavy atom. The van der Waals surface area contributed by atoms with E-state index in [-0.39, 0.29) is 11.7 Å². The van der Waals surface area contributed by atoms with E-state index in [1.165, 1.54) is 19.4 Å². The summed E-state index contributed by atoms with van der Waals surface area (Å²) in [5, 5.41) is 13.5. The van der Waals surface area contributed by atoms with Gasteiger partial charge in [-0.1, -0.05) is 0 Å². The van der Waals surface area contributed by atoms with E-state index < -0.39 is 0 Å². The molecule has 0 radical (unpaired) electrons. The molecule has 0 aliphatic rings. The Labute approximate surface area is 138 Å². The van der Waals surface area contributed by atoms with E-state index in [0.717, 1.165) is 16.9 Å². The Morgan fingerprint density at radius 2 is 2.17 bits per heavy atom. The molecule has 0 aliphatic carbocycles. The lowest BCUT2D eigenvalue weighted by molar-refractivity contribution is 0.0955. The molecule has 1 amide bonds. The van der Waals surface area contributed by atoms with Crippen LogP contribution >= 0.6 is 0 Å². The van der Waals surface area contributed by atoms with Gasteiger partial charge in [0.15, 0.2) is 11.5 Å². The van der Waals surface area contributed by atoms with E-state index in [0.29, 0.717) is 16.9 Å². The molecular weight excluding hydrogens is 308 g/mol. The summed E-state index contributed by atoms with van der Waals surface area (Å²) in [7, 11) is 1.46. The fourth-order valence-corrected chi connectivity index (χ4v) is 2.28. The second-order valence-corrected chi connectivity index (χ2v) is 5.18. The number of methoxy groups -OCH3 is 1. The molecule has 3 N–H and O–H groups in total. The van der Waals surface area contributed by atoms with Crippen LogP contribution in [0.3, 0.4) is 0 Å². The number of aromatic amines is 1. The first-order chi connectivity index (χ1) is 11.6. The zero-order valence-corrected chi connectivity index (χ0v) is 13.2. The van der Waals surface area contributed by atoms with E-state index >= 15 is 0 Å². The maximum Gasteiger partial charge on any atom is 0.271 e. The number of ether oxygens (including phenoxy) is 1. The first-order valence-corrected chi connectivity index (χ1v) is 7.23. The molecule has 3 rings (SSSR count). The molecule has 0 fully saturated rings. The van der Waals surface area contributed by atoms with E-state index in [1.54, 1.807) is 30.3 Å². The molecule has 1 heterocycles. The topological polar surface area (TPSA) is 99.6 Å². The van der Waals surface area contributed by atoms with Gasteiger partial charge in [-0.15, -0.1) is 0 Å². The van der Waals surface area contributed by atoms with Gasteiger partial charge in [0.25, 0.3) is 5.91 Å². The van der Waals surface area contributed by atoms with Crippen LogP contribution in [-0.4, -0.2) is 34.3 Å². The van der Waals surface area contributed by atoms with Crippen molar-refractivity contribution >= 4 is 23.2 Å². The van der Waals surface area contributed by atoms with Gasteiger partial charge >= 0.3 is 0 Å². The van der Waals surface area contributed by atoms with Crippen LogP contribution in [0.2, 0.25) is 0 Å². The average molecular weight is 324 g/mol. The summed E-state index contributed by atoms with van der Waals surface area (Å²) in [4.78, 5) is 19.5. The van der Waals surface area contributed by atoms with Gasteiger partial charge < -0.3 is 14.8 Å². The van der Waals surface area contributed by atoms with Crippen LogP contribution in [0, 0.1) is 6.92 Å². The van der Waals surface area contributed by atoms with Crippen LogP contribution in [0.5, 0.6) is 11.5 Å². The summed E-state index contributed by atoms with van der Waals surface area (Å²) in [5.74, 6) is 0.847. The third kappa shape index (κ3) is 3.19. The van der Waals surface area contributed by atoms with Crippen molar-refractivity contribution in [2.45, 2.75) is 6.92 Å². The van der Waals surface area contributed by atoms with Gasteiger partial charge in [-0.2, -0.15) is 5.10 Å². The van der Waals surface area contributed by atoms with Gasteiger partial charge in [-0.3, -0.25) is 4.79 Å². The van der Waals surface area contributed by atoms with Crippen molar-refractivity contribution in [1.29, 1.82) is 0 Å². The number of benzene rings is 2. The van der Waals surface area contributed by atoms with Crippen LogP contribution in [0.4, 0.5) is 0 Å². The number of H-pyrrole nitrogens is 1. The first-order valence-electron chi connectivity index (χ1n) is 7.23. The summed E-state index contributed by atoms with van der Waals surface area (Å²) in [6.45, 7) is 1.86. The van der Waals surface area contributed by atoms with Gasteiger partial charge in [-0.25, -0.2) is 10.4 Å². The van der Waals surface area contributed by atoms with E-state index in [4.69, 9.17) is 4.74 Å². The minimum Gasteiger partial charge on any atom is -0.504 e. The molecule has 0 atom stereocenters. The Bertz CT molecular complexity index is 931. The number of carbonyl (C=O) groups is 1. The zero-order valence-electron chi connectivity index (χ0n) is 13.2. The number of hydrazone groups is 1. The Hall–Kier alpha value is -3.35. The molecule has 7 heteroatoms. The van der Waals surface area contributed by atoms with Crippen molar-refractivity contribution in [2.75, 3.05) is 7.11 Å². The van der Waals surface area contributed by atoms with Crippen molar-refractivity contribution in [1.82, 2.24) is 15.4 Å². The van der Waals surface area contributed by atoms with Gasteiger partial charge in [-0.05, 0) is 48.9 Å². The van der Waals surface area contributed by atoms with Crippen LogP contribution in [0.15, 0.2) is 41.5 Å². The molecular formula is C17H16N4O3. The van der Waals surface area contributed by atoms with Crippen molar-refractivity contribution in [3.05, 3.63) is 53.3 Å². The van der Waals surface area contributed by atoms with Gasteiger partial charge in [0.2, 0.25) is 0 Å². The summed E-state index contributed by atoms with van der Waals surface area (Å²) < 4.78 is 5.02. The lowest BCUT2D eigenvalue weighted by atomic mass is 10.2. The molecule has 24 heavy (non-hydrogen) atoms. The summed E-state index contributed by atoms with van der Waals surface area (Å²) in [6, 6.07) is 9.97. The Balaban J connectivity index is 1.71. The van der Waals surface area contributed by atoms with Gasteiger partial charge in [0.05, 0.1) is 24.4 Å². The van der Waals surface area contributed by atoms with Crippen LogP contribution in [0.1, 0.15) is 21.7 Å². The number of aromatic hydroxyl groups is 1. The van der Waals surface area contributed by atoms with Crippen molar-refractivity contribution < 1.29 is 14.6 Å². The molecule has 0 unspecified atom stereocenters. The highest BCUT2D eigenvalue weighted by atomic mass is 16.5. The molecule has 1 aromatic heterocycles. The lowest BCUT2D eigenvalue weighted by Crippen LogP contribution is -2.17. The van der Waals surface area contributed by atoms with Gasteiger partial charge in [0, 0.05) is 5.56 Å². The zero-order chi connectivity index (χ0) is 17.1. The number of aryl methyl sites for hydroxylation is 1. The normalized spacial score (nSPS) is 11.1. The summed E-state index contributed by atoms with van der Waals surface area (Å²) in [5.41, 5.74) is 5.23. The molecule has 0 aliphatic heterocycles. The van der Waals surface area contributed by atoms with Crippen LogP contribution in [0.25, 0.3) is 11.0 Å². The average Bonchev–Trinajstić information content (AvgIpc) is 2.95. The fraction of sp³-hybridized carbons (Fsp3) is 0.118. The molecule has 3 aromatic rings. The number of aromatic nitrogens is 2. The number of hydrogen-bond acceptors (Lipinski definition) is 5. The third-order valence-corrected chi connectivity index (χ3v) is 3.45. The summed E-state index contributed by atoms with van der Waals surface area (Å²) >= 11 is 0. The number of fused-ring (bicyclic) bond motifs is 1. The number of nitrogens with one attached hydrogen (secondary N) is 2. The second kappa shape index (κ2) is 6.41. The van der Waals surface area contributed by atoms with E-state index in [1.807, 2.05) is 6.92 Å². The molecule has 0 bridgehead atoms. The fourth-order valence-electron chi connectivity index (χ4n) is 2.28. The summed E-state index contributed by atoms with van der Waals surface area (Å²) in [6.07, 6.45) is 1.47. The predicted molar refractivity (Wildman–Crippen MR) is 90.5 cm³/mol. The highest BCUT2D eigenvalue weighted by Gasteiger charge is 2.07. The number of carbonyl (C=O) groups excluding carboxylic acids is 1. The Kier molecular flexibility index (Phi) is 4.15. The highest BCUT2D eigenvalue weighted by Crippen LogP contribution is 2.25. The molecule has 0 saturated heterocycles. The smallest absolute Gasteiger partial charge is 0.271 e. The second-order valence-electron chi connectivity index (χ2n) is 5.18. The number of amides is 1. The van der Waals surface area contributed by atoms with Crippen LogP contribution < -0.4 is 10.2 Å². The van der Waals surface area contributed by atoms with Crippen molar-refractivity contribution in [3.8, 4) is 11.5 Å². The van der Waals surface area contributed by atoms with E-state index in [9.17, 15) is 9.90 Å². The Morgan fingerprint density at radius 3 is 2.96 bits per heavy atom. The van der Waals surface area contributed by atoms with E-state index in [2.05, 4.69) is 20.5 Å². The lowest BCUT2D eigenvalue weighted by Gasteiger charge is -2.03.